The summed E-state index contributed by atoms with van der Waals surface area (Å²) in [6.07, 6.45) is 8.23. The maximum absolute atomic E-state index is 14.3. The number of thiophene rings is 1. The maximum atomic E-state index is 14.3. The molecule has 0 N–H and O–H groups in total. The lowest BCUT2D eigenvalue weighted by Crippen LogP contribution is -2.49. The molecule has 1 amide bonds. The van der Waals surface area contributed by atoms with Crippen LogP contribution in [0.4, 0.5) is 10.5 Å². The van der Waals surface area contributed by atoms with E-state index in [2.05, 4.69) is 18.9 Å². The summed E-state index contributed by atoms with van der Waals surface area (Å²) >= 11 is 1.32. The number of likely N-dealkylation sites (tertiary alicyclic amines) is 1. The van der Waals surface area contributed by atoms with Crippen LogP contribution in [0.1, 0.15) is 94.1 Å². The SMILES string of the molecule is CC1CCC(C(=O)N(c2cc(-c3ccccc3)sc2C(=O)OC(C)OC(=O)OC2CCCCC2)C2CCN(C)CC2)CC1.Cl. The summed E-state index contributed by atoms with van der Waals surface area (Å²) < 4.78 is 16.5. The zero-order valence-corrected chi connectivity index (χ0v) is 27.8. The number of benzene rings is 1. The number of piperidine rings is 1. The van der Waals surface area contributed by atoms with Crippen molar-refractivity contribution < 1.29 is 28.6 Å². The van der Waals surface area contributed by atoms with E-state index in [0.717, 1.165) is 94.2 Å². The van der Waals surface area contributed by atoms with E-state index in [0.29, 0.717) is 16.5 Å². The first kappa shape index (κ1) is 34.3. The van der Waals surface area contributed by atoms with Crippen LogP contribution in [0.5, 0.6) is 0 Å². The lowest BCUT2D eigenvalue weighted by molar-refractivity contribution is -0.124. The predicted octanol–water partition coefficient (Wildman–Crippen LogP) is 8.08. The van der Waals surface area contributed by atoms with Crippen LogP contribution in [0.15, 0.2) is 36.4 Å². The van der Waals surface area contributed by atoms with Crippen molar-refractivity contribution in [3.05, 3.63) is 41.3 Å². The van der Waals surface area contributed by atoms with E-state index in [9.17, 15) is 14.4 Å². The topological polar surface area (TPSA) is 85.4 Å². The number of carbonyl (C=O) groups excluding carboxylic acids is 3. The van der Waals surface area contributed by atoms with Crippen molar-refractivity contribution in [2.45, 2.75) is 103 Å². The van der Waals surface area contributed by atoms with Gasteiger partial charge in [0.1, 0.15) is 11.0 Å². The molecule has 1 unspecified atom stereocenters. The van der Waals surface area contributed by atoms with Gasteiger partial charge < -0.3 is 24.0 Å². The normalized spacial score (nSPS) is 22.3. The fourth-order valence-corrected chi connectivity index (χ4v) is 7.65. The summed E-state index contributed by atoms with van der Waals surface area (Å²) in [6, 6.07) is 11.8. The summed E-state index contributed by atoms with van der Waals surface area (Å²) in [5, 5.41) is 0. The minimum absolute atomic E-state index is 0. The van der Waals surface area contributed by atoms with Gasteiger partial charge in [0.15, 0.2) is 0 Å². The highest BCUT2D eigenvalue weighted by Gasteiger charge is 2.37. The quantitative estimate of drug-likeness (QED) is 0.212. The van der Waals surface area contributed by atoms with Crippen molar-refractivity contribution in [1.29, 1.82) is 0 Å². The lowest BCUT2D eigenvalue weighted by atomic mass is 9.82. The van der Waals surface area contributed by atoms with E-state index in [1.165, 1.54) is 18.3 Å². The van der Waals surface area contributed by atoms with E-state index in [1.807, 2.05) is 41.3 Å². The molecule has 1 aromatic heterocycles. The number of ether oxygens (including phenoxy) is 3. The molecular weight excluding hydrogens is 600 g/mol. The van der Waals surface area contributed by atoms with Gasteiger partial charge in [0.05, 0.1) is 5.69 Å². The van der Waals surface area contributed by atoms with Gasteiger partial charge >= 0.3 is 12.1 Å². The minimum atomic E-state index is -1.13. The van der Waals surface area contributed by atoms with E-state index >= 15 is 0 Å². The number of nitrogens with zero attached hydrogens (tertiary/aromatic N) is 2. The average Bonchev–Trinajstić information content (AvgIpc) is 3.44. The van der Waals surface area contributed by atoms with Gasteiger partial charge in [-0.05, 0) is 102 Å². The van der Waals surface area contributed by atoms with Gasteiger partial charge in [0, 0.05) is 23.8 Å². The van der Waals surface area contributed by atoms with Gasteiger partial charge in [-0.2, -0.15) is 0 Å². The summed E-state index contributed by atoms with van der Waals surface area (Å²) in [4.78, 5) is 46.0. The molecule has 1 aliphatic heterocycles. The van der Waals surface area contributed by atoms with Crippen molar-refractivity contribution in [2.75, 3.05) is 25.0 Å². The molecule has 0 bridgehead atoms. The van der Waals surface area contributed by atoms with Gasteiger partial charge in [-0.1, -0.05) is 43.7 Å². The van der Waals surface area contributed by atoms with Crippen molar-refractivity contribution in [2.24, 2.45) is 11.8 Å². The highest BCUT2D eigenvalue weighted by molar-refractivity contribution is 7.18. The molecule has 3 aliphatic rings. The number of amides is 1. The van der Waals surface area contributed by atoms with E-state index in [-0.39, 0.29) is 36.4 Å². The Morgan fingerprint density at radius 3 is 2.23 bits per heavy atom. The van der Waals surface area contributed by atoms with E-state index in [4.69, 9.17) is 14.2 Å². The third kappa shape index (κ3) is 8.76. The average molecular weight is 647 g/mol. The number of carbonyl (C=O) groups is 3. The molecular formula is C34H47ClN2O6S. The lowest BCUT2D eigenvalue weighted by Gasteiger charge is -2.40. The van der Waals surface area contributed by atoms with Gasteiger partial charge in [0.2, 0.25) is 12.2 Å². The molecule has 8 nitrogen and oxygen atoms in total. The summed E-state index contributed by atoms with van der Waals surface area (Å²) in [6.45, 7) is 5.55. The molecule has 2 saturated carbocycles. The first-order valence-corrected chi connectivity index (χ1v) is 16.9. The number of anilines is 1. The molecule has 1 aromatic carbocycles. The number of esters is 1. The molecule has 5 rings (SSSR count). The molecule has 0 spiro atoms. The van der Waals surface area contributed by atoms with Crippen LogP contribution >= 0.6 is 23.7 Å². The van der Waals surface area contributed by atoms with Crippen LogP contribution < -0.4 is 4.90 Å². The zero-order valence-electron chi connectivity index (χ0n) is 26.2. The van der Waals surface area contributed by atoms with Crippen molar-refractivity contribution in [1.82, 2.24) is 4.90 Å². The third-order valence-corrected chi connectivity index (χ3v) is 10.4. The van der Waals surface area contributed by atoms with Gasteiger partial charge in [-0.3, -0.25) is 4.79 Å². The first-order valence-electron chi connectivity index (χ1n) is 16.1. The highest BCUT2D eigenvalue weighted by Crippen LogP contribution is 2.41. The molecule has 242 valence electrons. The molecule has 1 saturated heterocycles. The Morgan fingerprint density at radius 1 is 0.909 bits per heavy atom. The van der Waals surface area contributed by atoms with Crippen LogP contribution in [0.2, 0.25) is 0 Å². The summed E-state index contributed by atoms with van der Waals surface area (Å²) in [5.41, 5.74) is 1.57. The smallest absolute Gasteiger partial charge is 0.431 e. The molecule has 2 heterocycles. The van der Waals surface area contributed by atoms with Gasteiger partial charge in [-0.25, -0.2) is 9.59 Å². The number of hydrogen-bond acceptors (Lipinski definition) is 8. The number of halogens is 1. The second-order valence-electron chi connectivity index (χ2n) is 12.6. The molecule has 2 aliphatic carbocycles. The third-order valence-electron chi connectivity index (χ3n) is 9.22. The Balaban J connectivity index is 0.00000442. The van der Waals surface area contributed by atoms with Crippen LogP contribution in [-0.2, 0) is 19.0 Å². The van der Waals surface area contributed by atoms with Crippen molar-refractivity contribution in [3.8, 4) is 10.4 Å². The second kappa shape index (κ2) is 16.1. The summed E-state index contributed by atoms with van der Waals surface area (Å²) in [5.74, 6) is 0.0662. The van der Waals surface area contributed by atoms with Crippen LogP contribution in [-0.4, -0.2) is 61.5 Å². The largest absolute Gasteiger partial charge is 0.511 e. The standard InChI is InChI=1S/C34H46N2O6S.ClH/c1-23-14-16-26(17-15-23)32(37)36(27-18-20-35(3)21-19-27)29-22-30(25-10-6-4-7-11-25)43-31(29)33(38)40-24(2)41-34(39)42-28-12-8-5-9-13-28;/h4,6-7,10-11,22-24,26-28H,5,8-9,12-21H2,1-3H3;1H. The molecule has 10 heteroatoms. The molecule has 44 heavy (non-hydrogen) atoms. The fraction of sp³-hybridized carbons (Fsp3) is 0.618. The molecule has 0 radical (unpaired) electrons. The maximum Gasteiger partial charge on any atom is 0.511 e. The Morgan fingerprint density at radius 2 is 1.57 bits per heavy atom. The zero-order chi connectivity index (χ0) is 30.3. The van der Waals surface area contributed by atoms with Crippen molar-refractivity contribution >= 4 is 47.5 Å². The molecule has 3 fully saturated rings. The minimum Gasteiger partial charge on any atom is -0.431 e. The molecule has 2 aromatic rings. The Hall–Kier alpha value is -2.62. The van der Waals surface area contributed by atoms with Gasteiger partial charge in [0.25, 0.3) is 0 Å². The predicted molar refractivity (Wildman–Crippen MR) is 175 cm³/mol. The van der Waals surface area contributed by atoms with Crippen LogP contribution in [0.3, 0.4) is 0 Å². The Labute approximate surface area is 271 Å². The van der Waals surface area contributed by atoms with E-state index in [1.54, 1.807) is 0 Å². The van der Waals surface area contributed by atoms with E-state index < -0.39 is 18.4 Å². The van der Waals surface area contributed by atoms with Crippen LogP contribution in [0.25, 0.3) is 10.4 Å². The van der Waals surface area contributed by atoms with Gasteiger partial charge in [-0.15, -0.1) is 23.7 Å². The summed E-state index contributed by atoms with van der Waals surface area (Å²) in [7, 11) is 2.10. The van der Waals surface area contributed by atoms with Crippen molar-refractivity contribution in [3.63, 3.8) is 0 Å². The Kier molecular flexibility index (Phi) is 12.5. The first-order chi connectivity index (χ1) is 20.8. The second-order valence-corrected chi connectivity index (χ2v) is 13.7. The number of rotatable bonds is 8. The number of hydrogen-bond donors (Lipinski definition) is 0. The fourth-order valence-electron chi connectivity index (χ4n) is 6.61. The highest BCUT2D eigenvalue weighted by atomic mass is 35.5. The molecule has 1 atom stereocenters. The monoisotopic (exact) mass is 646 g/mol. The van der Waals surface area contributed by atoms with Crippen LogP contribution in [0, 0.1) is 11.8 Å². The Bertz CT molecular complexity index is 1230.